The van der Waals surface area contributed by atoms with Crippen LogP contribution in [-0.4, -0.2) is 38.2 Å². The van der Waals surface area contributed by atoms with Gasteiger partial charge in [-0.15, -0.1) is 0 Å². The molecule has 0 bridgehead atoms. The first-order valence-electron chi connectivity index (χ1n) is 7.69. The molecule has 24 heavy (non-hydrogen) atoms. The van der Waals surface area contributed by atoms with Crippen molar-refractivity contribution in [3.05, 3.63) is 47.4 Å². The summed E-state index contributed by atoms with van der Waals surface area (Å²) in [7, 11) is 0. The van der Waals surface area contributed by atoms with Crippen molar-refractivity contribution in [1.82, 2.24) is 10.6 Å². The monoisotopic (exact) mass is 336 g/mol. The summed E-state index contributed by atoms with van der Waals surface area (Å²) in [5.41, 5.74) is -0.0697. The van der Waals surface area contributed by atoms with Crippen molar-refractivity contribution in [1.29, 1.82) is 0 Å². The topological polar surface area (TPSA) is 76.7 Å². The Kier molecular flexibility index (Phi) is 6.05. The van der Waals surface area contributed by atoms with Crippen molar-refractivity contribution in [3.63, 3.8) is 0 Å². The molecular formula is C17H21FN2O4. The van der Waals surface area contributed by atoms with Crippen molar-refractivity contribution in [2.24, 2.45) is 0 Å². The van der Waals surface area contributed by atoms with E-state index in [2.05, 4.69) is 10.6 Å². The summed E-state index contributed by atoms with van der Waals surface area (Å²) in [6, 6.07) is 5.79. The minimum atomic E-state index is -1.03. The Morgan fingerprint density at radius 1 is 1.29 bits per heavy atom. The maximum atomic E-state index is 13.3. The lowest BCUT2D eigenvalue weighted by Gasteiger charge is -2.39. The highest BCUT2D eigenvalue weighted by molar-refractivity contribution is 5.91. The first kappa shape index (κ1) is 18.1. The van der Waals surface area contributed by atoms with E-state index in [4.69, 9.17) is 9.47 Å². The predicted molar refractivity (Wildman–Crippen MR) is 85.4 cm³/mol. The molecule has 0 amide bonds. The van der Waals surface area contributed by atoms with E-state index in [0.29, 0.717) is 17.8 Å². The van der Waals surface area contributed by atoms with Crippen LogP contribution in [-0.2, 0) is 24.6 Å². The molecule has 1 aliphatic rings. The summed E-state index contributed by atoms with van der Waals surface area (Å²) in [6.45, 7) is 3.70. The van der Waals surface area contributed by atoms with Gasteiger partial charge in [-0.05, 0) is 31.5 Å². The second kappa shape index (κ2) is 8.03. The molecule has 0 saturated heterocycles. The maximum absolute atomic E-state index is 13.3. The predicted octanol–water partition coefficient (Wildman–Crippen LogP) is 1.22. The first-order chi connectivity index (χ1) is 11.5. The molecule has 1 aromatic rings. The molecule has 0 fully saturated rings. The molecule has 1 aliphatic heterocycles. The Balaban J connectivity index is 2.41. The van der Waals surface area contributed by atoms with Crippen LogP contribution in [0.5, 0.6) is 0 Å². The van der Waals surface area contributed by atoms with E-state index >= 15 is 0 Å². The summed E-state index contributed by atoms with van der Waals surface area (Å²) in [5.74, 6) is -1.01. The van der Waals surface area contributed by atoms with Crippen LogP contribution in [0.1, 0.15) is 19.4 Å². The van der Waals surface area contributed by atoms with E-state index in [-0.39, 0.29) is 31.4 Å². The van der Waals surface area contributed by atoms with E-state index < -0.39 is 11.5 Å². The Bertz CT molecular complexity index is 630. The second-order valence-electron chi connectivity index (χ2n) is 5.44. The molecule has 6 nitrogen and oxygen atoms in total. The molecule has 7 heteroatoms. The molecule has 0 spiro atoms. The van der Waals surface area contributed by atoms with Crippen LogP contribution in [0, 0.1) is 5.82 Å². The molecule has 1 aromatic carbocycles. The number of ether oxygens (including phenoxy) is 2. The normalized spacial score (nSPS) is 20.0. The third-order valence-corrected chi connectivity index (χ3v) is 3.65. The third kappa shape index (κ3) is 3.98. The molecular weight excluding hydrogens is 315 g/mol. The second-order valence-corrected chi connectivity index (χ2v) is 5.44. The zero-order valence-electron chi connectivity index (χ0n) is 13.7. The zero-order valence-corrected chi connectivity index (χ0v) is 13.7. The van der Waals surface area contributed by atoms with Crippen LogP contribution in [0.3, 0.4) is 0 Å². The summed E-state index contributed by atoms with van der Waals surface area (Å²) < 4.78 is 23.9. The Hall–Kier alpha value is -2.25. The molecule has 1 atom stereocenters. The van der Waals surface area contributed by atoms with Gasteiger partial charge in [-0.2, -0.15) is 0 Å². The molecule has 2 rings (SSSR count). The van der Waals surface area contributed by atoms with Crippen LogP contribution in [0.25, 0.3) is 0 Å². The number of halogens is 1. The summed E-state index contributed by atoms with van der Waals surface area (Å²) in [5, 5.41) is 6.13. The van der Waals surface area contributed by atoms with Crippen LogP contribution in [0.15, 0.2) is 36.0 Å². The fourth-order valence-corrected chi connectivity index (χ4v) is 2.57. The Morgan fingerprint density at radius 3 is 2.62 bits per heavy atom. The minimum absolute atomic E-state index is 0.0323. The van der Waals surface area contributed by atoms with Gasteiger partial charge in [-0.25, -0.2) is 9.18 Å². The number of hydrogen-bond donors (Lipinski definition) is 2. The van der Waals surface area contributed by atoms with Gasteiger partial charge in [0.2, 0.25) is 0 Å². The lowest BCUT2D eigenvalue weighted by atomic mass is 9.82. The number of ketones is 1. The molecule has 0 aromatic heterocycles. The van der Waals surface area contributed by atoms with Gasteiger partial charge in [0, 0.05) is 6.20 Å². The summed E-state index contributed by atoms with van der Waals surface area (Å²) in [6.07, 6.45) is 1.56. The number of carbonyl (C=O) groups is 2. The van der Waals surface area contributed by atoms with Crippen LogP contribution in [0.4, 0.5) is 4.39 Å². The number of nitrogens with one attached hydrogen (secondary N) is 2. The van der Waals surface area contributed by atoms with Gasteiger partial charge in [0.05, 0.1) is 25.5 Å². The van der Waals surface area contributed by atoms with E-state index in [1.807, 2.05) is 0 Å². The number of Topliss-reactive ketones (excluding diaryl/α,β-unsaturated/α-hetero) is 1. The number of carbonyl (C=O) groups excluding carboxylic acids is 2. The van der Waals surface area contributed by atoms with Crippen LogP contribution in [0.2, 0.25) is 0 Å². The number of esters is 1. The highest BCUT2D eigenvalue weighted by Gasteiger charge is 2.42. The molecule has 0 radical (unpaired) electrons. The molecule has 2 N–H and O–H groups in total. The van der Waals surface area contributed by atoms with E-state index in [1.54, 1.807) is 25.3 Å². The fraction of sp³-hybridized carbons (Fsp3) is 0.412. The van der Waals surface area contributed by atoms with Crippen LogP contribution < -0.4 is 10.6 Å². The average Bonchev–Trinajstić information content (AvgIpc) is 2.55. The van der Waals surface area contributed by atoms with E-state index in [9.17, 15) is 14.0 Å². The van der Waals surface area contributed by atoms with Gasteiger partial charge in [0.15, 0.2) is 5.78 Å². The Morgan fingerprint density at radius 2 is 2.00 bits per heavy atom. The quantitative estimate of drug-likeness (QED) is 0.729. The third-order valence-electron chi connectivity index (χ3n) is 3.65. The summed E-state index contributed by atoms with van der Waals surface area (Å²) >= 11 is 0. The van der Waals surface area contributed by atoms with Gasteiger partial charge >= 0.3 is 5.97 Å². The van der Waals surface area contributed by atoms with Crippen LogP contribution >= 0.6 is 0 Å². The average molecular weight is 336 g/mol. The van der Waals surface area contributed by atoms with Gasteiger partial charge in [0.25, 0.3) is 0 Å². The molecule has 130 valence electrons. The van der Waals surface area contributed by atoms with Crippen molar-refractivity contribution in [3.8, 4) is 0 Å². The van der Waals surface area contributed by atoms with Crippen molar-refractivity contribution >= 4 is 11.8 Å². The lowest BCUT2D eigenvalue weighted by molar-refractivity contribution is -0.140. The van der Waals surface area contributed by atoms with E-state index in [1.165, 1.54) is 19.1 Å². The molecule has 1 unspecified atom stereocenters. The number of hydrogen-bond acceptors (Lipinski definition) is 6. The SMILES string of the molecule is CCOC(=O)C1=CNCNC1(COCC(C)=O)c1ccc(F)cc1. The maximum Gasteiger partial charge on any atom is 0.337 e. The molecule has 1 heterocycles. The van der Waals surface area contributed by atoms with Gasteiger partial charge < -0.3 is 14.8 Å². The largest absolute Gasteiger partial charge is 0.463 e. The molecule has 0 saturated carbocycles. The highest BCUT2D eigenvalue weighted by Crippen LogP contribution is 2.32. The van der Waals surface area contributed by atoms with Crippen molar-refractivity contribution < 1.29 is 23.5 Å². The van der Waals surface area contributed by atoms with Gasteiger partial charge in [0.1, 0.15) is 18.0 Å². The fourth-order valence-electron chi connectivity index (χ4n) is 2.57. The number of benzene rings is 1. The first-order valence-corrected chi connectivity index (χ1v) is 7.69. The summed E-state index contributed by atoms with van der Waals surface area (Å²) in [4.78, 5) is 23.6. The lowest BCUT2D eigenvalue weighted by Crippen LogP contribution is -2.56. The van der Waals surface area contributed by atoms with Crippen molar-refractivity contribution in [2.45, 2.75) is 19.4 Å². The van der Waals surface area contributed by atoms with E-state index in [0.717, 1.165) is 0 Å². The van der Waals surface area contributed by atoms with Gasteiger partial charge in [-0.1, -0.05) is 12.1 Å². The Labute approximate surface area is 140 Å². The highest BCUT2D eigenvalue weighted by atomic mass is 19.1. The standard InChI is InChI=1S/C17H21FN2O4/c1-3-24-16(22)15-8-19-11-20-17(15,10-23-9-12(2)21)13-4-6-14(18)7-5-13/h4-8,19-20H,3,9-11H2,1-2H3. The van der Waals surface area contributed by atoms with Crippen molar-refractivity contribution in [2.75, 3.05) is 26.5 Å². The smallest absolute Gasteiger partial charge is 0.337 e. The number of rotatable bonds is 7. The molecule has 0 aliphatic carbocycles. The minimum Gasteiger partial charge on any atom is -0.463 e. The van der Waals surface area contributed by atoms with Gasteiger partial charge in [-0.3, -0.25) is 10.1 Å². The zero-order chi connectivity index (χ0) is 17.6.